The van der Waals surface area contributed by atoms with Crippen molar-refractivity contribution >= 4 is 10.8 Å². The molecule has 0 aliphatic rings. The van der Waals surface area contributed by atoms with Crippen molar-refractivity contribution in [1.82, 2.24) is 0 Å². The van der Waals surface area contributed by atoms with Crippen LogP contribution in [0, 0.1) is 11.3 Å². The number of rotatable bonds is 2. The summed E-state index contributed by atoms with van der Waals surface area (Å²) in [4.78, 5) is 0. The molecule has 0 unspecified atom stereocenters. The lowest BCUT2D eigenvalue weighted by molar-refractivity contribution is -0.0488. The fourth-order valence-electron chi connectivity index (χ4n) is 1.53. The van der Waals surface area contributed by atoms with Gasteiger partial charge in [0.1, 0.15) is 5.75 Å². The minimum atomic E-state index is -2.89. The first kappa shape index (κ1) is 10.4. The van der Waals surface area contributed by atoms with Gasteiger partial charge in [-0.1, -0.05) is 24.3 Å². The lowest BCUT2D eigenvalue weighted by atomic mass is 10.1. The van der Waals surface area contributed by atoms with Crippen LogP contribution in [0.3, 0.4) is 0 Å². The largest absolute Gasteiger partial charge is 0.434 e. The zero-order chi connectivity index (χ0) is 11.5. The summed E-state index contributed by atoms with van der Waals surface area (Å²) >= 11 is 0. The van der Waals surface area contributed by atoms with Gasteiger partial charge in [0.25, 0.3) is 0 Å². The number of alkyl halides is 2. The lowest BCUT2D eigenvalue weighted by Crippen LogP contribution is -2.02. The van der Waals surface area contributed by atoms with Gasteiger partial charge in [-0.2, -0.15) is 14.0 Å². The van der Waals surface area contributed by atoms with Gasteiger partial charge in [0.2, 0.25) is 0 Å². The van der Waals surface area contributed by atoms with Crippen LogP contribution >= 0.6 is 0 Å². The summed E-state index contributed by atoms with van der Waals surface area (Å²) in [5.41, 5.74) is 0.300. The van der Waals surface area contributed by atoms with Crippen LogP contribution in [0.25, 0.3) is 10.8 Å². The second-order valence-electron chi connectivity index (χ2n) is 3.19. The molecule has 2 nitrogen and oxygen atoms in total. The third kappa shape index (κ3) is 1.94. The monoisotopic (exact) mass is 219 g/mol. The molecule has 0 aromatic heterocycles. The molecule has 2 aromatic carbocycles. The summed E-state index contributed by atoms with van der Waals surface area (Å²) in [5.74, 6) is 0.0321. The molecule has 4 heteroatoms. The minimum Gasteiger partial charge on any atom is -0.434 e. The standard InChI is InChI=1S/C12H7F2NO/c13-12(14)16-11-6-8(7-15)5-9-3-1-2-4-10(9)11/h1-6,12H. The summed E-state index contributed by atoms with van der Waals surface area (Å²) in [6.45, 7) is -2.89. The van der Waals surface area contributed by atoms with E-state index in [9.17, 15) is 8.78 Å². The molecular formula is C12H7F2NO. The van der Waals surface area contributed by atoms with Gasteiger partial charge in [-0.25, -0.2) is 0 Å². The number of ether oxygens (including phenoxy) is 1. The van der Waals surface area contributed by atoms with Crippen LogP contribution in [0.5, 0.6) is 5.75 Å². The molecule has 0 spiro atoms. The van der Waals surface area contributed by atoms with Crippen LogP contribution in [0.2, 0.25) is 0 Å². The van der Waals surface area contributed by atoms with Crippen molar-refractivity contribution in [2.45, 2.75) is 6.61 Å². The smallest absolute Gasteiger partial charge is 0.387 e. The SMILES string of the molecule is N#Cc1cc(OC(F)F)c2ccccc2c1. The van der Waals surface area contributed by atoms with E-state index in [-0.39, 0.29) is 5.75 Å². The molecule has 0 bridgehead atoms. The van der Waals surface area contributed by atoms with Gasteiger partial charge in [-0.15, -0.1) is 0 Å². The predicted octanol–water partition coefficient (Wildman–Crippen LogP) is 3.31. The van der Waals surface area contributed by atoms with Gasteiger partial charge in [-0.3, -0.25) is 0 Å². The van der Waals surface area contributed by atoms with Gasteiger partial charge in [0.15, 0.2) is 0 Å². The van der Waals surface area contributed by atoms with E-state index in [1.807, 2.05) is 6.07 Å². The Morgan fingerprint density at radius 2 is 1.94 bits per heavy atom. The summed E-state index contributed by atoms with van der Waals surface area (Å²) in [6, 6.07) is 11.8. The fraction of sp³-hybridized carbons (Fsp3) is 0.0833. The second-order valence-corrected chi connectivity index (χ2v) is 3.19. The Morgan fingerprint density at radius 3 is 2.62 bits per heavy atom. The molecule has 2 rings (SSSR count). The molecule has 0 saturated heterocycles. The van der Waals surface area contributed by atoms with Crippen LogP contribution in [0.15, 0.2) is 36.4 Å². The summed E-state index contributed by atoms with van der Waals surface area (Å²) in [7, 11) is 0. The third-order valence-electron chi connectivity index (χ3n) is 2.17. The molecule has 0 N–H and O–H groups in total. The molecule has 80 valence electrons. The Hall–Kier alpha value is -2.15. The Labute approximate surface area is 90.7 Å². The third-order valence-corrected chi connectivity index (χ3v) is 2.17. The van der Waals surface area contributed by atoms with Crippen LogP contribution in [0.4, 0.5) is 8.78 Å². The van der Waals surface area contributed by atoms with Crippen LogP contribution in [-0.2, 0) is 0 Å². The molecule has 0 atom stereocenters. The maximum atomic E-state index is 12.2. The second kappa shape index (κ2) is 4.15. The summed E-state index contributed by atoms with van der Waals surface area (Å²) in [6.07, 6.45) is 0. The van der Waals surface area contributed by atoms with E-state index in [0.29, 0.717) is 16.3 Å². The average Bonchev–Trinajstić information content (AvgIpc) is 2.28. The Kier molecular flexibility index (Phi) is 2.69. The number of hydrogen-bond acceptors (Lipinski definition) is 2. The van der Waals surface area contributed by atoms with E-state index < -0.39 is 6.61 Å². The highest BCUT2D eigenvalue weighted by Gasteiger charge is 2.09. The number of halogens is 2. The molecule has 0 amide bonds. The van der Waals surface area contributed by atoms with Gasteiger partial charge >= 0.3 is 6.61 Å². The minimum absolute atomic E-state index is 0.0321. The first-order valence-electron chi connectivity index (χ1n) is 4.58. The van der Waals surface area contributed by atoms with E-state index >= 15 is 0 Å². The number of hydrogen-bond donors (Lipinski definition) is 0. The Bertz CT molecular complexity index is 560. The highest BCUT2D eigenvalue weighted by molar-refractivity contribution is 5.89. The summed E-state index contributed by atoms with van der Waals surface area (Å²) < 4.78 is 28.7. The van der Waals surface area contributed by atoms with E-state index in [1.165, 1.54) is 6.07 Å². The van der Waals surface area contributed by atoms with Gasteiger partial charge in [-0.05, 0) is 17.5 Å². The number of nitriles is 1. The van der Waals surface area contributed by atoms with Crippen molar-refractivity contribution in [3.05, 3.63) is 42.0 Å². The molecule has 0 aliphatic carbocycles. The number of nitrogens with zero attached hydrogens (tertiary/aromatic N) is 1. The first-order chi connectivity index (χ1) is 7.70. The van der Waals surface area contributed by atoms with Crippen molar-refractivity contribution in [3.8, 4) is 11.8 Å². The molecule has 16 heavy (non-hydrogen) atoms. The normalized spacial score (nSPS) is 10.4. The maximum absolute atomic E-state index is 12.2. The summed E-state index contributed by atoms with van der Waals surface area (Å²) in [5, 5.41) is 10.0. The van der Waals surface area contributed by atoms with Crippen molar-refractivity contribution in [3.63, 3.8) is 0 Å². The van der Waals surface area contributed by atoms with E-state index in [0.717, 1.165) is 0 Å². The van der Waals surface area contributed by atoms with Crippen LogP contribution in [0.1, 0.15) is 5.56 Å². The van der Waals surface area contributed by atoms with Crippen molar-refractivity contribution in [2.75, 3.05) is 0 Å². The Morgan fingerprint density at radius 1 is 1.19 bits per heavy atom. The van der Waals surface area contributed by atoms with Gasteiger partial charge < -0.3 is 4.74 Å². The highest BCUT2D eigenvalue weighted by Crippen LogP contribution is 2.28. The van der Waals surface area contributed by atoms with Gasteiger partial charge in [0.05, 0.1) is 11.6 Å². The van der Waals surface area contributed by atoms with E-state index in [2.05, 4.69) is 4.74 Å². The fourth-order valence-corrected chi connectivity index (χ4v) is 1.53. The molecular weight excluding hydrogens is 212 g/mol. The van der Waals surface area contributed by atoms with Crippen LogP contribution in [-0.4, -0.2) is 6.61 Å². The quantitative estimate of drug-likeness (QED) is 0.776. The number of benzene rings is 2. The van der Waals surface area contributed by atoms with E-state index in [4.69, 9.17) is 5.26 Å². The lowest BCUT2D eigenvalue weighted by Gasteiger charge is -2.08. The highest BCUT2D eigenvalue weighted by atomic mass is 19.3. The molecule has 2 aromatic rings. The topological polar surface area (TPSA) is 33.0 Å². The maximum Gasteiger partial charge on any atom is 0.387 e. The molecule has 0 aliphatic heterocycles. The zero-order valence-electron chi connectivity index (χ0n) is 8.15. The van der Waals surface area contributed by atoms with Crippen molar-refractivity contribution in [1.29, 1.82) is 5.26 Å². The van der Waals surface area contributed by atoms with Crippen molar-refractivity contribution < 1.29 is 13.5 Å². The van der Waals surface area contributed by atoms with Gasteiger partial charge in [0, 0.05) is 5.39 Å². The predicted molar refractivity (Wildman–Crippen MR) is 55.3 cm³/mol. The Balaban J connectivity index is 2.65. The molecule has 0 heterocycles. The van der Waals surface area contributed by atoms with Crippen molar-refractivity contribution in [2.24, 2.45) is 0 Å². The molecule has 0 saturated carbocycles. The molecule has 0 radical (unpaired) electrons. The zero-order valence-corrected chi connectivity index (χ0v) is 8.15. The molecule has 0 fully saturated rings. The number of fused-ring (bicyclic) bond motifs is 1. The average molecular weight is 219 g/mol. The van der Waals surface area contributed by atoms with Crippen LogP contribution < -0.4 is 4.74 Å². The van der Waals surface area contributed by atoms with E-state index in [1.54, 1.807) is 30.3 Å². The first-order valence-corrected chi connectivity index (χ1v) is 4.58.